The van der Waals surface area contributed by atoms with Gasteiger partial charge in [0.1, 0.15) is 5.75 Å². The predicted octanol–water partition coefficient (Wildman–Crippen LogP) is 3.70. The molecule has 1 N–H and O–H groups in total. The third-order valence-corrected chi connectivity index (χ3v) is 4.12. The number of nitrogens with one attached hydrogen (secondary N) is 1. The number of rotatable bonds is 6. The number of halogens is 1. The van der Waals surface area contributed by atoms with Crippen molar-refractivity contribution in [3.63, 3.8) is 0 Å². The third-order valence-electron chi connectivity index (χ3n) is 2.88. The Morgan fingerprint density at radius 3 is 3.00 bits per heavy atom. The standard InChI is InChI=1S/C14H17ClN2OS/c1-10(14-17-5-6-19-14)8-16-9-11-7-12(15)3-4-13(11)18-2/h3-7,10,16H,8-9H2,1-2H3. The van der Waals surface area contributed by atoms with Crippen LogP contribution in [-0.4, -0.2) is 18.6 Å². The van der Waals surface area contributed by atoms with E-state index in [2.05, 4.69) is 17.2 Å². The molecule has 1 unspecified atom stereocenters. The van der Waals surface area contributed by atoms with Crippen molar-refractivity contribution in [2.24, 2.45) is 0 Å². The minimum atomic E-state index is 0.408. The van der Waals surface area contributed by atoms with Gasteiger partial charge >= 0.3 is 0 Å². The van der Waals surface area contributed by atoms with Crippen molar-refractivity contribution in [2.45, 2.75) is 19.4 Å². The summed E-state index contributed by atoms with van der Waals surface area (Å²) in [6, 6.07) is 5.66. The monoisotopic (exact) mass is 296 g/mol. The van der Waals surface area contributed by atoms with E-state index < -0.39 is 0 Å². The van der Waals surface area contributed by atoms with Crippen LogP contribution in [0.25, 0.3) is 0 Å². The van der Waals surface area contributed by atoms with Gasteiger partial charge in [-0.1, -0.05) is 18.5 Å². The Labute approximate surface area is 122 Å². The molecule has 0 saturated heterocycles. The van der Waals surface area contributed by atoms with E-state index in [1.807, 2.05) is 29.8 Å². The average molecular weight is 297 g/mol. The Morgan fingerprint density at radius 1 is 1.47 bits per heavy atom. The van der Waals surface area contributed by atoms with Crippen LogP contribution in [0.3, 0.4) is 0 Å². The molecule has 5 heteroatoms. The van der Waals surface area contributed by atoms with E-state index in [4.69, 9.17) is 16.3 Å². The molecule has 0 amide bonds. The topological polar surface area (TPSA) is 34.1 Å². The second kappa shape index (κ2) is 6.89. The summed E-state index contributed by atoms with van der Waals surface area (Å²) in [5, 5.41) is 7.31. The minimum Gasteiger partial charge on any atom is -0.496 e. The first-order valence-corrected chi connectivity index (χ1v) is 7.39. The average Bonchev–Trinajstić information content (AvgIpc) is 2.93. The van der Waals surface area contributed by atoms with Crippen LogP contribution in [0, 0.1) is 0 Å². The number of aromatic nitrogens is 1. The number of nitrogens with zero attached hydrogens (tertiary/aromatic N) is 1. The Morgan fingerprint density at radius 2 is 2.32 bits per heavy atom. The maximum Gasteiger partial charge on any atom is 0.123 e. The van der Waals surface area contributed by atoms with Crippen molar-refractivity contribution in [1.29, 1.82) is 0 Å². The highest BCUT2D eigenvalue weighted by Crippen LogP contribution is 2.23. The van der Waals surface area contributed by atoms with Crippen molar-refractivity contribution in [3.05, 3.63) is 45.4 Å². The lowest BCUT2D eigenvalue weighted by Gasteiger charge is -2.12. The summed E-state index contributed by atoms with van der Waals surface area (Å²) in [6.45, 7) is 3.78. The fraction of sp³-hybridized carbons (Fsp3) is 0.357. The fourth-order valence-corrected chi connectivity index (χ4v) is 2.77. The molecular weight excluding hydrogens is 280 g/mol. The van der Waals surface area contributed by atoms with Crippen LogP contribution in [0.4, 0.5) is 0 Å². The Balaban J connectivity index is 1.90. The number of thiazole rings is 1. The van der Waals surface area contributed by atoms with Crippen molar-refractivity contribution in [3.8, 4) is 5.75 Å². The molecule has 0 saturated carbocycles. The predicted molar refractivity (Wildman–Crippen MR) is 80.2 cm³/mol. The SMILES string of the molecule is COc1ccc(Cl)cc1CNCC(C)c1nccs1. The van der Waals surface area contributed by atoms with E-state index in [1.165, 1.54) is 0 Å². The zero-order valence-corrected chi connectivity index (χ0v) is 12.6. The molecule has 2 aromatic rings. The molecule has 1 aromatic carbocycles. The molecule has 1 atom stereocenters. The van der Waals surface area contributed by atoms with E-state index >= 15 is 0 Å². The van der Waals surface area contributed by atoms with Crippen molar-refractivity contribution < 1.29 is 4.74 Å². The van der Waals surface area contributed by atoms with Crippen molar-refractivity contribution in [2.75, 3.05) is 13.7 Å². The summed E-state index contributed by atoms with van der Waals surface area (Å²) in [7, 11) is 1.67. The van der Waals surface area contributed by atoms with E-state index in [1.54, 1.807) is 18.4 Å². The van der Waals surface area contributed by atoms with Gasteiger partial charge in [-0.05, 0) is 18.2 Å². The second-order valence-electron chi connectivity index (χ2n) is 4.36. The van der Waals surface area contributed by atoms with Crippen molar-refractivity contribution in [1.82, 2.24) is 10.3 Å². The van der Waals surface area contributed by atoms with Gasteiger partial charge in [-0.25, -0.2) is 4.98 Å². The summed E-state index contributed by atoms with van der Waals surface area (Å²) < 4.78 is 5.32. The summed E-state index contributed by atoms with van der Waals surface area (Å²) >= 11 is 7.70. The molecule has 0 fully saturated rings. The van der Waals surface area contributed by atoms with Crippen LogP contribution in [0.1, 0.15) is 23.4 Å². The Hall–Kier alpha value is -1.10. The maximum atomic E-state index is 6.00. The number of hydrogen-bond acceptors (Lipinski definition) is 4. The molecule has 0 aliphatic carbocycles. The largest absolute Gasteiger partial charge is 0.496 e. The quantitative estimate of drug-likeness (QED) is 0.882. The third kappa shape index (κ3) is 3.93. The number of ether oxygens (including phenoxy) is 1. The van der Waals surface area contributed by atoms with Gasteiger partial charge in [-0.15, -0.1) is 11.3 Å². The number of benzene rings is 1. The maximum absolute atomic E-state index is 6.00. The van der Waals surface area contributed by atoms with Crippen LogP contribution in [0.2, 0.25) is 5.02 Å². The van der Waals surface area contributed by atoms with E-state index in [0.717, 1.165) is 34.4 Å². The molecule has 0 spiro atoms. The molecule has 0 radical (unpaired) electrons. The first-order chi connectivity index (χ1) is 9.20. The smallest absolute Gasteiger partial charge is 0.123 e. The van der Waals surface area contributed by atoms with Crippen LogP contribution < -0.4 is 10.1 Å². The van der Waals surface area contributed by atoms with Crippen LogP contribution >= 0.6 is 22.9 Å². The van der Waals surface area contributed by atoms with Gasteiger partial charge in [0, 0.05) is 41.2 Å². The molecule has 3 nitrogen and oxygen atoms in total. The molecular formula is C14H17ClN2OS. The van der Waals surface area contributed by atoms with Crippen LogP contribution in [-0.2, 0) is 6.54 Å². The van der Waals surface area contributed by atoms with Gasteiger partial charge in [0.2, 0.25) is 0 Å². The molecule has 0 aliphatic rings. The fourth-order valence-electron chi connectivity index (χ4n) is 1.87. The summed E-state index contributed by atoms with van der Waals surface area (Å²) in [5.74, 6) is 1.27. The van der Waals surface area contributed by atoms with Gasteiger partial charge in [-0.3, -0.25) is 0 Å². The lowest BCUT2D eigenvalue weighted by molar-refractivity contribution is 0.407. The molecule has 2 rings (SSSR count). The zero-order chi connectivity index (χ0) is 13.7. The second-order valence-corrected chi connectivity index (χ2v) is 5.72. The molecule has 1 heterocycles. The number of hydrogen-bond donors (Lipinski definition) is 1. The van der Waals surface area contributed by atoms with Gasteiger partial charge in [0.25, 0.3) is 0 Å². The zero-order valence-electron chi connectivity index (χ0n) is 11.0. The van der Waals surface area contributed by atoms with E-state index in [0.29, 0.717) is 5.92 Å². The van der Waals surface area contributed by atoms with Crippen LogP contribution in [0.5, 0.6) is 5.75 Å². The highest BCUT2D eigenvalue weighted by atomic mass is 35.5. The summed E-state index contributed by atoms with van der Waals surface area (Å²) in [4.78, 5) is 4.32. The Kier molecular flexibility index (Phi) is 5.19. The van der Waals surface area contributed by atoms with E-state index in [-0.39, 0.29) is 0 Å². The first-order valence-electron chi connectivity index (χ1n) is 6.13. The molecule has 0 aliphatic heterocycles. The van der Waals surface area contributed by atoms with Gasteiger partial charge in [-0.2, -0.15) is 0 Å². The summed E-state index contributed by atoms with van der Waals surface area (Å²) in [6.07, 6.45) is 1.84. The van der Waals surface area contributed by atoms with E-state index in [9.17, 15) is 0 Å². The molecule has 0 bridgehead atoms. The normalized spacial score (nSPS) is 12.4. The lowest BCUT2D eigenvalue weighted by Crippen LogP contribution is -2.19. The van der Waals surface area contributed by atoms with Crippen molar-refractivity contribution >= 4 is 22.9 Å². The minimum absolute atomic E-state index is 0.408. The number of methoxy groups -OCH3 is 1. The highest BCUT2D eigenvalue weighted by molar-refractivity contribution is 7.09. The first kappa shape index (κ1) is 14.3. The van der Waals surface area contributed by atoms with Gasteiger partial charge in [0.05, 0.1) is 12.1 Å². The Bertz CT molecular complexity index is 516. The molecule has 102 valence electrons. The lowest BCUT2D eigenvalue weighted by atomic mass is 10.1. The van der Waals surface area contributed by atoms with Gasteiger partial charge in [0.15, 0.2) is 0 Å². The van der Waals surface area contributed by atoms with Gasteiger partial charge < -0.3 is 10.1 Å². The highest BCUT2D eigenvalue weighted by Gasteiger charge is 2.09. The summed E-state index contributed by atoms with van der Waals surface area (Å²) in [5.41, 5.74) is 1.07. The molecule has 19 heavy (non-hydrogen) atoms. The molecule has 1 aromatic heterocycles. The van der Waals surface area contributed by atoms with Crippen LogP contribution in [0.15, 0.2) is 29.8 Å².